The van der Waals surface area contributed by atoms with Crippen molar-refractivity contribution in [3.63, 3.8) is 0 Å². The summed E-state index contributed by atoms with van der Waals surface area (Å²) in [7, 11) is 0. The van der Waals surface area contributed by atoms with Crippen LogP contribution in [0.1, 0.15) is 0 Å². The molecule has 0 aliphatic heterocycles. The number of hydrogen-bond donors (Lipinski definition) is 1. The molecule has 2 aromatic heterocycles. The fourth-order valence-electron chi connectivity index (χ4n) is 2.54. The highest BCUT2D eigenvalue weighted by atomic mass is 35.5. The molecule has 0 fully saturated rings. The van der Waals surface area contributed by atoms with E-state index in [2.05, 4.69) is 15.5 Å². The molecule has 0 aliphatic rings. The highest BCUT2D eigenvalue weighted by Gasteiger charge is 2.16. The van der Waals surface area contributed by atoms with Gasteiger partial charge in [0.05, 0.1) is 21.2 Å². The van der Waals surface area contributed by atoms with Gasteiger partial charge in [0.25, 0.3) is 11.8 Å². The SMILES string of the molecule is O=C(COc1ccc(Cl)cc1Cl)Nc1ccccc1-c1nc(-c2cccs2)no1. The molecule has 0 radical (unpaired) electrons. The maximum Gasteiger partial charge on any atom is 0.262 e. The first-order valence-electron chi connectivity index (χ1n) is 8.45. The molecule has 2 aromatic carbocycles. The van der Waals surface area contributed by atoms with Crippen LogP contribution in [0.4, 0.5) is 5.69 Å². The molecule has 2 heterocycles. The fourth-order valence-corrected chi connectivity index (χ4v) is 3.65. The van der Waals surface area contributed by atoms with E-state index >= 15 is 0 Å². The molecule has 9 heteroatoms. The van der Waals surface area contributed by atoms with Gasteiger partial charge in [-0.25, -0.2) is 0 Å². The molecular formula is C20H13Cl2N3O3S. The van der Waals surface area contributed by atoms with Crippen LogP contribution >= 0.6 is 34.5 Å². The zero-order chi connectivity index (χ0) is 20.2. The van der Waals surface area contributed by atoms with Crippen LogP contribution in [0.5, 0.6) is 5.75 Å². The number of rotatable bonds is 6. The van der Waals surface area contributed by atoms with Gasteiger partial charge in [0.15, 0.2) is 6.61 Å². The van der Waals surface area contributed by atoms with E-state index in [1.165, 1.54) is 11.3 Å². The number of benzene rings is 2. The molecule has 0 bridgehead atoms. The van der Waals surface area contributed by atoms with E-state index in [1.54, 1.807) is 36.4 Å². The molecule has 29 heavy (non-hydrogen) atoms. The molecule has 0 atom stereocenters. The maximum atomic E-state index is 12.4. The van der Waals surface area contributed by atoms with Crippen LogP contribution in [0.25, 0.3) is 22.2 Å². The van der Waals surface area contributed by atoms with Gasteiger partial charge in [-0.1, -0.05) is 46.6 Å². The Morgan fingerprint density at radius 3 is 2.79 bits per heavy atom. The summed E-state index contributed by atoms with van der Waals surface area (Å²) < 4.78 is 10.9. The summed E-state index contributed by atoms with van der Waals surface area (Å²) in [4.78, 5) is 17.7. The summed E-state index contributed by atoms with van der Waals surface area (Å²) in [6, 6.07) is 15.8. The van der Waals surface area contributed by atoms with E-state index < -0.39 is 0 Å². The first kappa shape index (κ1) is 19.4. The number of anilines is 1. The Bertz CT molecular complexity index is 1150. The molecular weight excluding hydrogens is 433 g/mol. The summed E-state index contributed by atoms with van der Waals surface area (Å²) in [6.07, 6.45) is 0. The molecule has 6 nitrogen and oxygen atoms in total. The predicted octanol–water partition coefficient (Wildman–Crippen LogP) is 5.79. The summed E-state index contributed by atoms with van der Waals surface area (Å²) >= 11 is 13.4. The summed E-state index contributed by atoms with van der Waals surface area (Å²) in [6.45, 7) is -0.222. The van der Waals surface area contributed by atoms with Crippen molar-refractivity contribution in [2.75, 3.05) is 11.9 Å². The number of carbonyl (C=O) groups is 1. The molecule has 0 saturated heterocycles. The van der Waals surface area contributed by atoms with Gasteiger partial charge < -0.3 is 14.6 Å². The first-order chi connectivity index (χ1) is 14.1. The highest BCUT2D eigenvalue weighted by Crippen LogP contribution is 2.30. The van der Waals surface area contributed by atoms with Crippen molar-refractivity contribution in [2.24, 2.45) is 0 Å². The zero-order valence-electron chi connectivity index (χ0n) is 14.8. The number of thiophene rings is 1. The number of ether oxygens (including phenoxy) is 1. The van der Waals surface area contributed by atoms with Crippen LogP contribution in [0.15, 0.2) is 64.5 Å². The minimum absolute atomic E-state index is 0.222. The minimum Gasteiger partial charge on any atom is -0.482 e. The lowest BCUT2D eigenvalue weighted by molar-refractivity contribution is -0.118. The van der Waals surface area contributed by atoms with Crippen molar-refractivity contribution in [1.82, 2.24) is 10.1 Å². The first-order valence-corrected chi connectivity index (χ1v) is 10.1. The topological polar surface area (TPSA) is 77.2 Å². The van der Waals surface area contributed by atoms with Crippen molar-refractivity contribution in [3.8, 4) is 27.9 Å². The van der Waals surface area contributed by atoms with E-state index in [-0.39, 0.29) is 12.5 Å². The molecule has 1 N–H and O–H groups in total. The Morgan fingerprint density at radius 2 is 2.00 bits per heavy atom. The summed E-state index contributed by atoms with van der Waals surface area (Å²) in [5.74, 6) is 0.821. The van der Waals surface area contributed by atoms with Crippen LogP contribution in [-0.4, -0.2) is 22.7 Å². The van der Waals surface area contributed by atoms with E-state index in [0.717, 1.165) is 4.88 Å². The Balaban J connectivity index is 1.48. The van der Waals surface area contributed by atoms with Gasteiger partial charge in [-0.05, 0) is 41.8 Å². The second-order valence-corrected chi connectivity index (χ2v) is 7.65. The molecule has 1 amide bonds. The second kappa shape index (κ2) is 8.65. The number of amides is 1. The zero-order valence-corrected chi connectivity index (χ0v) is 17.1. The average Bonchev–Trinajstić information content (AvgIpc) is 3.39. The number of carbonyl (C=O) groups excluding carboxylic acids is 1. The lowest BCUT2D eigenvalue weighted by atomic mass is 10.1. The van der Waals surface area contributed by atoms with Crippen LogP contribution < -0.4 is 10.1 Å². The second-order valence-electron chi connectivity index (χ2n) is 5.86. The van der Waals surface area contributed by atoms with Crippen molar-refractivity contribution in [1.29, 1.82) is 0 Å². The van der Waals surface area contributed by atoms with Gasteiger partial charge in [0.2, 0.25) is 5.82 Å². The molecule has 4 aromatic rings. The van der Waals surface area contributed by atoms with Crippen LogP contribution in [0.3, 0.4) is 0 Å². The molecule has 4 rings (SSSR count). The lowest BCUT2D eigenvalue weighted by Gasteiger charge is -2.10. The van der Waals surface area contributed by atoms with Gasteiger partial charge in [0.1, 0.15) is 5.75 Å². The molecule has 0 unspecified atom stereocenters. The average molecular weight is 446 g/mol. The number of hydrogen-bond acceptors (Lipinski definition) is 6. The number of nitrogens with zero attached hydrogens (tertiary/aromatic N) is 2. The Kier molecular flexibility index (Phi) is 5.80. The van der Waals surface area contributed by atoms with Gasteiger partial charge in [0, 0.05) is 5.02 Å². The van der Waals surface area contributed by atoms with E-state index in [9.17, 15) is 4.79 Å². The van der Waals surface area contributed by atoms with Gasteiger partial charge in [-0.2, -0.15) is 4.98 Å². The smallest absolute Gasteiger partial charge is 0.262 e. The standard InChI is InChI=1S/C20H13Cl2N3O3S/c21-12-7-8-16(14(22)10-12)27-11-18(26)23-15-5-2-1-4-13(15)20-24-19(25-28-20)17-6-3-9-29-17/h1-10H,11H2,(H,23,26). The molecule has 146 valence electrons. The molecule has 0 saturated carbocycles. The summed E-state index contributed by atoms with van der Waals surface area (Å²) in [5, 5.41) is 9.56. The fraction of sp³-hybridized carbons (Fsp3) is 0.0500. The maximum absolute atomic E-state index is 12.4. The van der Waals surface area contributed by atoms with Crippen LogP contribution in [-0.2, 0) is 4.79 Å². The van der Waals surface area contributed by atoms with E-state index in [1.807, 2.05) is 23.6 Å². The van der Waals surface area contributed by atoms with E-state index in [4.69, 9.17) is 32.5 Å². The molecule has 0 spiro atoms. The third kappa shape index (κ3) is 4.59. The van der Waals surface area contributed by atoms with Gasteiger partial charge in [-0.15, -0.1) is 11.3 Å². The highest BCUT2D eigenvalue weighted by molar-refractivity contribution is 7.13. The number of para-hydroxylation sites is 1. The van der Waals surface area contributed by atoms with Gasteiger partial charge in [-0.3, -0.25) is 4.79 Å². The predicted molar refractivity (Wildman–Crippen MR) is 114 cm³/mol. The normalized spacial score (nSPS) is 10.7. The third-order valence-electron chi connectivity index (χ3n) is 3.85. The van der Waals surface area contributed by atoms with Gasteiger partial charge >= 0.3 is 0 Å². The Labute approximate surface area is 180 Å². The minimum atomic E-state index is -0.360. The number of aromatic nitrogens is 2. The Hall–Kier alpha value is -2.87. The largest absolute Gasteiger partial charge is 0.482 e. The van der Waals surface area contributed by atoms with Crippen LogP contribution in [0.2, 0.25) is 10.0 Å². The monoisotopic (exact) mass is 445 g/mol. The van der Waals surface area contributed by atoms with Crippen molar-refractivity contribution in [2.45, 2.75) is 0 Å². The number of halogens is 2. The molecule has 0 aliphatic carbocycles. The van der Waals surface area contributed by atoms with E-state index in [0.29, 0.717) is 38.8 Å². The quantitative estimate of drug-likeness (QED) is 0.406. The number of nitrogens with one attached hydrogen (secondary N) is 1. The van der Waals surface area contributed by atoms with Crippen molar-refractivity contribution >= 4 is 46.1 Å². The lowest BCUT2D eigenvalue weighted by Crippen LogP contribution is -2.20. The van der Waals surface area contributed by atoms with Crippen molar-refractivity contribution in [3.05, 3.63) is 70.0 Å². The summed E-state index contributed by atoms with van der Waals surface area (Å²) in [5.41, 5.74) is 1.14. The van der Waals surface area contributed by atoms with Crippen LogP contribution in [0, 0.1) is 0 Å². The Morgan fingerprint density at radius 1 is 1.14 bits per heavy atom. The third-order valence-corrected chi connectivity index (χ3v) is 5.25. The van der Waals surface area contributed by atoms with Crippen molar-refractivity contribution < 1.29 is 14.1 Å².